The number of hydrogen-bond acceptors (Lipinski definition) is 1. The minimum absolute atomic E-state index is 0.0933. The normalized spacial score (nSPS) is 12.3. The molecule has 1 aromatic carbocycles. The van der Waals surface area contributed by atoms with Crippen LogP contribution in [0.25, 0.3) is 0 Å². The van der Waals surface area contributed by atoms with Gasteiger partial charge in [0.25, 0.3) is 0 Å². The first-order valence-electron chi connectivity index (χ1n) is 7.78. The highest BCUT2D eigenvalue weighted by atomic mass is 19.4. The van der Waals surface area contributed by atoms with Crippen LogP contribution in [-0.2, 0) is 11.2 Å². The maximum Gasteiger partial charge on any atom is 0.406 e. The first-order chi connectivity index (χ1) is 10.4. The quantitative estimate of drug-likeness (QED) is 0.768. The van der Waals surface area contributed by atoms with Crippen molar-refractivity contribution in [3.05, 3.63) is 34.9 Å². The topological polar surface area (TPSA) is 20.3 Å². The molecule has 5 heteroatoms. The fourth-order valence-corrected chi connectivity index (χ4v) is 2.55. The molecule has 0 aromatic heterocycles. The van der Waals surface area contributed by atoms with Gasteiger partial charge in [-0.25, -0.2) is 0 Å². The van der Waals surface area contributed by atoms with E-state index in [1.165, 1.54) is 0 Å². The van der Waals surface area contributed by atoms with Crippen molar-refractivity contribution in [3.8, 4) is 0 Å². The number of amides is 1. The monoisotopic (exact) mass is 329 g/mol. The first-order valence-corrected chi connectivity index (χ1v) is 7.78. The molecule has 0 N–H and O–H groups in total. The van der Waals surface area contributed by atoms with Gasteiger partial charge in [-0.3, -0.25) is 4.79 Å². The molecule has 0 aliphatic carbocycles. The Balaban J connectivity index is 2.76. The molecule has 0 atom stereocenters. The van der Waals surface area contributed by atoms with Crippen LogP contribution in [0, 0.1) is 19.3 Å². The van der Waals surface area contributed by atoms with E-state index >= 15 is 0 Å². The van der Waals surface area contributed by atoms with Crippen LogP contribution < -0.4 is 0 Å². The molecule has 2 nitrogen and oxygen atoms in total. The fraction of sp³-hybridized carbons (Fsp3) is 0.611. The second kappa shape index (κ2) is 7.37. The molecule has 0 aliphatic rings. The molecule has 1 rings (SSSR count). The van der Waals surface area contributed by atoms with Crippen LogP contribution in [-0.4, -0.2) is 30.1 Å². The molecule has 0 radical (unpaired) electrons. The summed E-state index contributed by atoms with van der Waals surface area (Å²) < 4.78 is 38.2. The van der Waals surface area contributed by atoms with Gasteiger partial charge in [-0.1, -0.05) is 44.5 Å². The molecule has 0 spiro atoms. The summed E-state index contributed by atoms with van der Waals surface area (Å²) in [6.07, 6.45) is -3.82. The predicted molar refractivity (Wildman–Crippen MR) is 86.3 cm³/mol. The van der Waals surface area contributed by atoms with Gasteiger partial charge in [-0.2, -0.15) is 13.2 Å². The molecule has 0 aliphatic heterocycles. The first kappa shape index (κ1) is 19.5. The zero-order valence-electron chi connectivity index (χ0n) is 14.5. The van der Waals surface area contributed by atoms with Crippen molar-refractivity contribution in [3.63, 3.8) is 0 Å². The van der Waals surface area contributed by atoms with E-state index in [0.29, 0.717) is 6.42 Å². The van der Waals surface area contributed by atoms with E-state index in [1.54, 1.807) is 0 Å². The third kappa shape index (κ3) is 7.53. The zero-order valence-corrected chi connectivity index (χ0v) is 14.5. The van der Waals surface area contributed by atoms with Gasteiger partial charge in [0.2, 0.25) is 5.91 Å². The van der Waals surface area contributed by atoms with E-state index in [9.17, 15) is 18.0 Å². The molecule has 0 unspecified atom stereocenters. The molecule has 1 aromatic rings. The lowest BCUT2D eigenvalue weighted by atomic mass is 9.95. The van der Waals surface area contributed by atoms with Crippen LogP contribution >= 0.6 is 0 Å². The lowest BCUT2D eigenvalue weighted by molar-refractivity contribution is -0.163. The number of halogens is 3. The molecular formula is C18H26F3NO. The summed E-state index contributed by atoms with van der Waals surface area (Å²) in [6.45, 7) is 8.33. The molecule has 0 fully saturated rings. The van der Waals surface area contributed by atoms with Gasteiger partial charge < -0.3 is 4.90 Å². The van der Waals surface area contributed by atoms with E-state index in [4.69, 9.17) is 0 Å². The Hall–Kier alpha value is -1.52. The third-order valence-corrected chi connectivity index (χ3v) is 3.49. The molecule has 1 amide bonds. The standard InChI is InChI=1S/C18H26F3NO/c1-13-6-7-15(14(2)10-13)8-9-16(23)22(11-17(3,4)5)12-18(19,20)21/h6-7,10H,8-9,11-12H2,1-5H3. The van der Waals surface area contributed by atoms with E-state index in [0.717, 1.165) is 21.6 Å². The van der Waals surface area contributed by atoms with Crippen molar-refractivity contribution in [1.82, 2.24) is 4.90 Å². The van der Waals surface area contributed by atoms with Crippen LogP contribution in [0.2, 0.25) is 0 Å². The number of rotatable bonds is 5. The van der Waals surface area contributed by atoms with Crippen LogP contribution in [0.3, 0.4) is 0 Å². The fourth-order valence-electron chi connectivity index (χ4n) is 2.55. The third-order valence-electron chi connectivity index (χ3n) is 3.49. The highest BCUT2D eigenvalue weighted by Crippen LogP contribution is 2.22. The number of benzene rings is 1. The van der Waals surface area contributed by atoms with Crippen LogP contribution in [0.4, 0.5) is 13.2 Å². The molecule has 130 valence electrons. The van der Waals surface area contributed by atoms with E-state index in [1.807, 2.05) is 52.8 Å². The van der Waals surface area contributed by atoms with Crippen LogP contribution in [0.1, 0.15) is 43.9 Å². The highest BCUT2D eigenvalue weighted by Gasteiger charge is 2.34. The number of aryl methyl sites for hydroxylation is 3. The van der Waals surface area contributed by atoms with Crippen molar-refractivity contribution in [1.29, 1.82) is 0 Å². The van der Waals surface area contributed by atoms with Crippen molar-refractivity contribution in [2.24, 2.45) is 5.41 Å². The molecular weight excluding hydrogens is 303 g/mol. The Morgan fingerprint density at radius 1 is 1.09 bits per heavy atom. The summed E-state index contributed by atoms with van der Waals surface area (Å²) in [6, 6.07) is 5.91. The minimum atomic E-state index is -4.37. The van der Waals surface area contributed by atoms with Crippen molar-refractivity contribution in [2.75, 3.05) is 13.1 Å². The average Bonchev–Trinajstić information content (AvgIpc) is 2.33. The lowest BCUT2D eigenvalue weighted by Crippen LogP contribution is -2.43. The minimum Gasteiger partial charge on any atom is -0.333 e. The summed E-state index contributed by atoms with van der Waals surface area (Å²) in [4.78, 5) is 13.2. The van der Waals surface area contributed by atoms with Gasteiger partial charge >= 0.3 is 6.18 Å². The van der Waals surface area contributed by atoms with Gasteiger partial charge in [0.05, 0.1) is 0 Å². The molecule has 0 bridgehead atoms. The van der Waals surface area contributed by atoms with Gasteiger partial charge in [-0.15, -0.1) is 0 Å². The summed E-state index contributed by atoms with van der Waals surface area (Å²) >= 11 is 0. The van der Waals surface area contributed by atoms with E-state index in [-0.39, 0.29) is 18.4 Å². The van der Waals surface area contributed by atoms with E-state index < -0.39 is 18.6 Å². The Bertz CT molecular complexity index is 528. The predicted octanol–water partition coefficient (Wildman–Crippen LogP) is 4.67. The van der Waals surface area contributed by atoms with Crippen molar-refractivity contribution < 1.29 is 18.0 Å². The highest BCUT2D eigenvalue weighted by molar-refractivity contribution is 5.76. The van der Waals surface area contributed by atoms with Crippen LogP contribution in [0.15, 0.2) is 18.2 Å². The maximum absolute atomic E-state index is 12.7. The summed E-state index contributed by atoms with van der Waals surface area (Å²) in [5, 5.41) is 0. The van der Waals surface area contributed by atoms with Crippen molar-refractivity contribution in [2.45, 2.75) is 53.6 Å². The van der Waals surface area contributed by atoms with Gasteiger partial charge in [0.15, 0.2) is 0 Å². The Labute approximate surface area is 136 Å². The Kier molecular flexibility index (Phi) is 6.25. The largest absolute Gasteiger partial charge is 0.406 e. The number of carbonyl (C=O) groups is 1. The van der Waals surface area contributed by atoms with Gasteiger partial charge in [0, 0.05) is 13.0 Å². The summed E-state index contributed by atoms with van der Waals surface area (Å²) in [5.41, 5.74) is 2.83. The smallest absolute Gasteiger partial charge is 0.333 e. The lowest BCUT2D eigenvalue weighted by Gasteiger charge is -2.30. The van der Waals surface area contributed by atoms with Crippen LogP contribution in [0.5, 0.6) is 0 Å². The maximum atomic E-state index is 12.7. The SMILES string of the molecule is Cc1ccc(CCC(=O)N(CC(C)(C)C)CC(F)(F)F)c(C)c1. The second-order valence-electron chi connectivity index (χ2n) is 7.36. The number of alkyl halides is 3. The van der Waals surface area contributed by atoms with Gasteiger partial charge in [0.1, 0.15) is 6.54 Å². The summed E-state index contributed by atoms with van der Waals surface area (Å²) in [7, 11) is 0. The number of carbonyl (C=O) groups excluding carboxylic acids is 1. The number of hydrogen-bond donors (Lipinski definition) is 0. The van der Waals surface area contributed by atoms with Crippen molar-refractivity contribution >= 4 is 5.91 Å². The van der Waals surface area contributed by atoms with Gasteiger partial charge in [-0.05, 0) is 36.8 Å². The number of nitrogens with zero attached hydrogens (tertiary/aromatic N) is 1. The molecule has 23 heavy (non-hydrogen) atoms. The van der Waals surface area contributed by atoms with E-state index in [2.05, 4.69) is 0 Å². The molecule has 0 saturated carbocycles. The Morgan fingerprint density at radius 2 is 1.70 bits per heavy atom. The molecule has 0 heterocycles. The Morgan fingerprint density at radius 3 is 2.17 bits per heavy atom. The molecule has 0 saturated heterocycles. The average molecular weight is 329 g/mol. The zero-order chi connectivity index (χ0) is 17.8. The summed E-state index contributed by atoms with van der Waals surface area (Å²) in [5.74, 6) is -0.447. The second-order valence-corrected chi connectivity index (χ2v) is 7.36.